The van der Waals surface area contributed by atoms with Gasteiger partial charge in [0, 0.05) is 6.26 Å². The Morgan fingerprint density at radius 3 is 2.38 bits per heavy atom. The molecular weight excluding hydrogens is 256 g/mol. The number of sulfone groups is 1. The second-order valence-electron chi connectivity index (χ2n) is 2.22. The average Bonchev–Trinajstić information content (AvgIpc) is 2.29. The summed E-state index contributed by atoms with van der Waals surface area (Å²) in [5.74, 6) is 0. The minimum Gasteiger partial charge on any atom is -0.302 e. The fourth-order valence-corrected chi connectivity index (χ4v) is 3.82. The van der Waals surface area contributed by atoms with Crippen molar-refractivity contribution in [3.63, 3.8) is 0 Å². The molecule has 1 rings (SSSR count). The molecule has 1 atom stereocenters. The van der Waals surface area contributed by atoms with Gasteiger partial charge in [-0.25, -0.2) is 12.6 Å². The Kier molecular flexibility index (Phi) is 3.13. The first-order chi connectivity index (χ1) is 5.82. The standard InChI is InChI=1S/C5H5ClO4S3/c1-13(9,10)4-2-3(12(7)8)5(6)11-4/h2H,1H3,(H,7,8). The molecule has 4 nitrogen and oxygen atoms in total. The zero-order chi connectivity index (χ0) is 10.2. The summed E-state index contributed by atoms with van der Waals surface area (Å²) in [6, 6.07) is 1.11. The monoisotopic (exact) mass is 260 g/mol. The Morgan fingerprint density at radius 2 is 2.15 bits per heavy atom. The van der Waals surface area contributed by atoms with Crippen LogP contribution in [0.2, 0.25) is 4.34 Å². The lowest BCUT2D eigenvalue weighted by Crippen LogP contribution is -1.92. The Labute approximate surface area is 86.7 Å². The van der Waals surface area contributed by atoms with E-state index in [4.69, 9.17) is 16.2 Å². The van der Waals surface area contributed by atoms with E-state index < -0.39 is 20.9 Å². The van der Waals surface area contributed by atoms with E-state index in [1.54, 1.807) is 0 Å². The lowest BCUT2D eigenvalue weighted by atomic mass is 10.7. The summed E-state index contributed by atoms with van der Waals surface area (Å²) in [4.78, 5) is -0.0629. The van der Waals surface area contributed by atoms with Crippen molar-refractivity contribution in [1.82, 2.24) is 0 Å². The van der Waals surface area contributed by atoms with Crippen LogP contribution >= 0.6 is 22.9 Å². The first kappa shape index (κ1) is 11.1. The lowest BCUT2D eigenvalue weighted by molar-refractivity contribution is 0.564. The van der Waals surface area contributed by atoms with E-state index in [0.717, 1.165) is 23.7 Å². The Bertz CT molecular complexity index is 446. The fourth-order valence-electron chi connectivity index (χ4n) is 0.634. The topological polar surface area (TPSA) is 71.4 Å². The van der Waals surface area contributed by atoms with E-state index in [1.807, 2.05) is 0 Å². The number of rotatable bonds is 2. The quantitative estimate of drug-likeness (QED) is 0.816. The van der Waals surface area contributed by atoms with Gasteiger partial charge in [-0.2, -0.15) is 0 Å². The molecule has 74 valence electrons. The molecule has 0 fully saturated rings. The molecule has 13 heavy (non-hydrogen) atoms. The van der Waals surface area contributed by atoms with Crippen LogP contribution in [-0.2, 0) is 20.9 Å². The van der Waals surface area contributed by atoms with Crippen molar-refractivity contribution in [3.05, 3.63) is 10.4 Å². The number of halogens is 1. The molecule has 0 saturated heterocycles. The zero-order valence-electron chi connectivity index (χ0n) is 6.35. The third-order valence-electron chi connectivity index (χ3n) is 1.19. The van der Waals surface area contributed by atoms with Gasteiger partial charge in [-0.3, -0.25) is 0 Å². The molecule has 0 aliphatic rings. The van der Waals surface area contributed by atoms with Crippen LogP contribution in [0.1, 0.15) is 0 Å². The molecule has 1 N–H and O–H groups in total. The maximum atomic E-state index is 11.0. The van der Waals surface area contributed by atoms with Crippen LogP contribution in [0.4, 0.5) is 0 Å². The smallest absolute Gasteiger partial charge is 0.188 e. The van der Waals surface area contributed by atoms with E-state index >= 15 is 0 Å². The van der Waals surface area contributed by atoms with Gasteiger partial charge < -0.3 is 4.55 Å². The maximum absolute atomic E-state index is 11.0. The number of hydrogen-bond donors (Lipinski definition) is 1. The highest BCUT2D eigenvalue weighted by molar-refractivity contribution is 7.93. The molecule has 0 aromatic carbocycles. The summed E-state index contributed by atoms with van der Waals surface area (Å²) in [6.07, 6.45) is 1.01. The zero-order valence-corrected chi connectivity index (χ0v) is 9.56. The highest BCUT2D eigenvalue weighted by atomic mass is 35.5. The van der Waals surface area contributed by atoms with Gasteiger partial charge in [-0.05, 0) is 6.07 Å². The molecule has 1 aromatic heterocycles. The molecule has 0 aliphatic heterocycles. The predicted octanol–water partition coefficient (Wildman–Crippen LogP) is 1.39. The minimum atomic E-state index is -3.35. The maximum Gasteiger partial charge on any atom is 0.188 e. The molecule has 0 amide bonds. The third kappa shape index (κ3) is 2.50. The Balaban J connectivity index is 3.33. The molecule has 0 spiro atoms. The molecular formula is C5H5ClO4S3. The van der Waals surface area contributed by atoms with Crippen molar-refractivity contribution in [2.45, 2.75) is 9.10 Å². The van der Waals surface area contributed by atoms with Gasteiger partial charge in [0.25, 0.3) is 0 Å². The SMILES string of the molecule is CS(=O)(=O)c1cc(S(=O)O)c(Cl)s1. The number of hydrogen-bond acceptors (Lipinski definition) is 4. The van der Waals surface area contributed by atoms with Crippen LogP contribution in [0, 0.1) is 0 Å². The highest BCUT2D eigenvalue weighted by Gasteiger charge is 2.17. The average molecular weight is 261 g/mol. The van der Waals surface area contributed by atoms with Crippen LogP contribution in [0.3, 0.4) is 0 Å². The van der Waals surface area contributed by atoms with Gasteiger partial charge in [0.05, 0.1) is 4.90 Å². The van der Waals surface area contributed by atoms with Crippen molar-refractivity contribution in [1.29, 1.82) is 0 Å². The van der Waals surface area contributed by atoms with Gasteiger partial charge in [-0.1, -0.05) is 11.6 Å². The summed E-state index contributed by atoms with van der Waals surface area (Å²) in [7, 11) is -3.35. The van der Waals surface area contributed by atoms with Crippen molar-refractivity contribution in [2.24, 2.45) is 0 Å². The predicted molar refractivity (Wildman–Crippen MR) is 51.5 cm³/mol. The van der Waals surface area contributed by atoms with E-state index in [9.17, 15) is 12.6 Å². The summed E-state index contributed by atoms with van der Waals surface area (Å²) < 4.78 is 41.3. The molecule has 1 unspecified atom stereocenters. The van der Waals surface area contributed by atoms with Crippen LogP contribution in [0.15, 0.2) is 15.2 Å². The molecule has 8 heteroatoms. The van der Waals surface area contributed by atoms with Gasteiger partial charge in [0.2, 0.25) is 0 Å². The van der Waals surface area contributed by atoms with E-state index in [-0.39, 0.29) is 13.4 Å². The van der Waals surface area contributed by atoms with Crippen molar-refractivity contribution < 1.29 is 17.2 Å². The van der Waals surface area contributed by atoms with Crippen molar-refractivity contribution in [3.8, 4) is 0 Å². The second kappa shape index (κ2) is 3.66. The highest BCUT2D eigenvalue weighted by Crippen LogP contribution is 2.32. The van der Waals surface area contributed by atoms with E-state index in [2.05, 4.69) is 0 Å². The number of thiophene rings is 1. The minimum absolute atomic E-state index is 0.00472. The Hall–Kier alpha value is 0.0500. The molecule has 1 heterocycles. The van der Waals surface area contributed by atoms with Gasteiger partial charge in [-0.15, -0.1) is 11.3 Å². The molecule has 0 saturated carbocycles. The summed E-state index contributed by atoms with van der Waals surface area (Å²) in [5, 5.41) is 0. The molecule has 0 radical (unpaired) electrons. The largest absolute Gasteiger partial charge is 0.302 e. The van der Waals surface area contributed by atoms with Gasteiger partial charge in [0.1, 0.15) is 8.55 Å². The Morgan fingerprint density at radius 1 is 1.62 bits per heavy atom. The van der Waals surface area contributed by atoms with E-state index in [1.165, 1.54) is 0 Å². The molecule has 0 bridgehead atoms. The van der Waals surface area contributed by atoms with Crippen LogP contribution in [-0.4, -0.2) is 23.4 Å². The summed E-state index contributed by atoms with van der Waals surface area (Å²) in [5.41, 5.74) is 0. The summed E-state index contributed by atoms with van der Waals surface area (Å²) in [6.45, 7) is 0. The van der Waals surface area contributed by atoms with Gasteiger partial charge in [0.15, 0.2) is 20.9 Å². The fraction of sp³-hybridized carbons (Fsp3) is 0.200. The van der Waals surface area contributed by atoms with Crippen molar-refractivity contribution in [2.75, 3.05) is 6.26 Å². The second-order valence-corrected chi connectivity index (χ2v) is 7.06. The van der Waals surface area contributed by atoms with Crippen LogP contribution in [0.5, 0.6) is 0 Å². The first-order valence-corrected chi connectivity index (χ1v) is 7.12. The van der Waals surface area contributed by atoms with E-state index in [0.29, 0.717) is 0 Å². The van der Waals surface area contributed by atoms with Crippen LogP contribution in [0.25, 0.3) is 0 Å². The first-order valence-electron chi connectivity index (χ1n) is 2.92. The molecule has 0 aliphatic carbocycles. The third-order valence-corrected chi connectivity index (χ3v) is 5.29. The van der Waals surface area contributed by atoms with Crippen molar-refractivity contribution >= 4 is 43.9 Å². The normalized spacial score (nSPS) is 14.4. The molecule has 1 aromatic rings. The summed E-state index contributed by atoms with van der Waals surface area (Å²) >= 11 is 4.08. The lowest BCUT2D eigenvalue weighted by Gasteiger charge is -1.87. The van der Waals surface area contributed by atoms with Gasteiger partial charge >= 0.3 is 0 Å². The van der Waals surface area contributed by atoms with Crippen LogP contribution < -0.4 is 0 Å².